The van der Waals surface area contributed by atoms with E-state index in [-0.39, 0.29) is 23.8 Å². The summed E-state index contributed by atoms with van der Waals surface area (Å²) in [6, 6.07) is 7.65. The van der Waals surface area contributed by atoms with E-state index in [1.54, 1.807) is 0 Å². The molecule has 1 amide bonds. The van der Waals surface area contributed by atoms with Gasteiger partial charge in [-0.25, -0.2) is 0 Å². The zero-order valence-corrected chi connectivity index (χ0v) is 12.4. The molecule has 0 spiro atoms. The quantitative estimate of drug-likeness (QED) is 0.930. The van der Waals surface area contributed by atoms with Gasteiger partial charge in [0.05, 0.1) is 5.41 Å². The molecule has 108 valence electrons. The Balaban J connectivity index is 1.79. The molecule has 3 nitrogen and oxygen atoms in total. The summed E-state index contributed by atoms with van der Waals surface area (Å²) in [6.07, 6.45) is 1.84. The number of likely N-dealkylation sites (tertiary alicyclic amines) is 1. The van der Waals surface area contributed by atoms with Gasteiger partial charge in [0.15, 0.2) is 0 Å². The van der Waals surface area contributed by atoms with Crippen molar-refractivity contribution >= 4 is 17.5 Å². The fourth-order valence-electron chi connectivity index (χ4n) is 3.26. The summed E-state index contributed by atoms with van der Waals surface area (Å²) in [4.78, 5) is 14.8. The highest BCUT2D eigenvalue weighted by atomic mass is 35.5. The van der Waals surface area contributed by atoms with Crippen molar-refractivity contribution in [1.82, 2.24) is 4.90 Å². The molecule has 1 aliphatic heterocycles. The van der Waals surface area contributed by atoms with Crippen LogP contribution in [0.4, 0.5) is 0 Å². The number of halogens is 1. The van der Waals surface area contributed by atoms with Crippen molar-refractivity contribution in [2.24, 2.45) is 11.8 Å². The molecule has 3 rings (SSSR count). The van der Waals surface area contributed by atoms with Crippen molar-refractivity contribution in [2.45, 2.75) is 25.2 Å². The Labute approximate surface area is 124 Å². The van der Waals surface area contributed by atoms with Crippen LogP contribution in [0, 0.1) is 11.8 Å². The van der Waals surface area contributed by atoms with Crippen LogP contribution in [-0.4, -0.2) is 35.6 Å². The minimum absolute atomic E-state index is 0.166. The predicted octanol–water partition coefficient (Wildman–Crippen LogP) is 2.46. The number of hydrogen-bond acceptors (Lipinski definition) is 2. The second-order valence-electron chi connectivity index (χ2n) is 6.22. The third-order valence-corrected chi connectivity index (χ3v) is 5.10. The van der Waals surface area contributed by atoms with Gasteiger partial charge in [-0.3, -0.25) is 4.79 Å². The van der Waals surface area contributed by atoms with E-state index in [4.69, 9.17) is 11.6 Å². The Kier molecular flexibility index (Phi) is 3.51. The Morgan fingerprint density at radius 3 is 2.50 bits per heavy atom. The normalized spacial score (nSPS) is 27.6. The maximum Gasteiger partial charge on any atom is 0.233 e. The summed E-state index contributed by atoms with van der Waals surface area (Å²) < 4.78 is 0. The van der Waals surface area contributed by atoms with Gasteiger partial charge in [-0.2, -0.15) is 0 Å². The van der Waals surface area contributed by atoms with Crippen LogP contribution in [0.25, 0.3) is 0 Å². The Hall–Kier alpha value is -1.06. The Bertz CT molecular complexity index is 510. The molecule has 2 fully saturated rings. The van der Waals surface area contributed by atoms with Gasteiger partial charge in [-0.1, -0.05) is 30.7 Å². The monoisotopic (exact) mass is 293 g/mol. The van der Waals surface area contributed by atoms with E-state index >= 15 is 0 Å². The van der Waals surface area contributed by atoms with Crippen LogP contribution < -0.4 is 0 Å². The highest BCUT2D eigenvalue weighted by Crippen LogP contribution is 2.50. The molecular weight excluding hydrogens is 274 g/mol. The van der Waals surface area contributed by atoms with E-state index < -0.39 is 0 Å². The molecule has 1 N–H and O–H groups in total. The van der Waals surface area contributed by atoms with E-state index in [1.165, 1.54) is 0 Å². The number of aliphatic hydroxyl groups is 1. The van der Waals surface area contributed by atoms with Gasteiger partial charge >= 0.3 is 0 Å². The molecule has 2 atom stereocenters. The van der Waals surface area contributed by atoms with Crippen LogP contribution in [0.2, 0.25) is 5.02 Å². The van der Waals surface area contributed by atoms with Crippen LogP contribution in [0.3, 0.4) is 0 Å². The molecule has 0 unspecified atom stereocenters. The minimum atomic E-state index is -0.325. The maximum atomic E-state index is 12.8. The molecule has 1 aliphatic carbocycles. The molecular formula is C16H20ClNO2. The molecule has 1 saturated heterocycles. The van der Waals surface area contributed by atoms with Crippen LogP contribution in [0.5, 0.6) is 0 Å². The number of nitrogens with zero attached hydrogens (tertiary/aromatic N) is 1. The van der Waals surface area contributed by atoms with Gasteiger partial charge < -0.3 is 10.0 Å². The van der Waals surface area contributed by atoms with E-state index in [0.717, 1.165) is 24.9 Å². The van der Waals surface area contributed by atoms with Gasteiger partial charge in [0.2, 0.25) is 5.91 Å². The third kappa shape index (κ3) is 2.23. The van der Waals surface area contributed by atoms with Gasteiger partial charge in [0.25, 0.3) is 0 Å². The minimum Gasteiger partial charge on any atom is -0.396 e. The van der Waals surface area contributed by atoms with Crippen molar-refractivity contribution < 1.29 is 9.90 Å². The highest BCUT2D eigenvalue weighted by Gasteiger charge is 2.54. The highest BCUT2D eigenvalue weighted by molar-refractivity contribution is 6.30. The molecule has 1 aromatic carbocycles. The molecule has 0 aromatic heterocycles. The summed E-state index contributed by atoms with van der Waals surface area (Å²) in [7, 11) is 0. The number of rotatable bonds is 3. The molecule has 1 aromatic rings. The number of benzene rings is 1. The maximum absolute atomic E-state index is 12.8. The first-order valence-corrected chi connectivity index (χ1v) is 7.61. The van der Waals surface area contributed by atoms with E-state index in [2.05, 4.69) is 6.92 Å². The summed E-state index contributed by atoms with van der Waals surface area (Å²) in [5, 5.41) is 10.1. The largest absolute Gasteiger partial charge is 0.396 e. The Morgan fingerprint density at radius 2 is 2.00 bits per heavy atom. The van der Waals surface area contributed by atoms with Crippen LogP contribution in [0.15, 0.2) is 24.3 Å². The van der Waals surface area contributed by atoms with Crippen molar-refractivity contribution in [3.8, 4) is 0 Å². The number of carbonyl (C=O) groups is 1. The van der Waals surface area contributed by atoms with Crippen LogP contribution in [-0.2, 0) is 10.2 Å². The fourth-order valence-corrected chi connectivity index (χ4v) is 3.39. The zero-order valence-electron chi connectivity index (χ0n) is 11.7. The lowest BCUT2D eigenvalue weighted by Crippen LogP contribution is -2.38. The lowest BCUT2D eigenvalue weighted by Gasteiger charge is -2.23. The number of aliphatic hydroxyl groups excluding tert-OH is 1. The first-order chi connectivity index (χ1) is 9.56. The summed E-state index contributed by atoms with van der Waals surface area (Å²) >= 11 is 5.92. The van der Waals surface area contributed by atoms with Crippen LogP contribution >= 0.6 is 11.6 Å². The Morgan fingerprint density at radius 1 is 1.35 bits per heavy atom. The van der Waals surface area contributed by atoms with Crippen LogP contribution in [0.1, 0.15) is 25.3 Å². The smallest absolute Gasteiger partial charge is 0.233 e. The fraction of sp³-hybridized carbons (Fsp3) is 0.562. The molecule has 1 saturated carbocycles. The summed E-state index contributed by atoms with van der Waals surface area (Å²) in [5.41, 5.74) is 0.751. The molecule has 0 bridgehead atoms. The molecule has 2 aliphatic rings. The lowest BCUT2D eigenvalue weighted by molar-refractivity contribution is -0.133. The van der Waals surface area contributed by atoms with Gasteiger partial charge in [0, 0.05) is 30.6 Å². The van der Waals surface area contributed by atoms with Crippen molar-refractivity contribution in [2.75, 3.05) is 19.7 Å². The topological polar surface area (TPSA) is 40.5 Å². The number of carbonyl (C=O) groups excluding carboxylic acids is 1. The van der Waals surface area contributed by atoms with E-state index in [1.807, 2.05) is 29.2 Å². The lowest BCUT2D eigenvalue weighted by atomic mass is 9.94. The average Bonchev–Trinajstić information content (AvgIpc) is 3.17. The first kappa shape index (κ1) is 13.9. The van der Waals surface area contributed by atoms with Gasteiger partial charge in [0.1, 0.15) is 0 Å². The van der Waals surface area contributed by atoms with E-state index in [9.17, 15) is 9.90 Å². The molecule has 20 heavy (non-hydrogen) atoms. The average molecular weight is 294 g/mol. The first-order valence-electron chi connectivity index (χ1n) is 7.23. The SMILES string of the molecule is C[C@@H]1CN(C(=O)C2(c3ccc(Cl)cc3)CC2)C[C@H]1CO. The number of amides is 1. The molecule has 1 heterocycles. The summed E-state index contributed by atoms with van der Waals surface area (Å²) in [5.74, 6) is 0.826. The van der Waals surface area contributed by atoms with Crippen molar-refractivity contribution in [1.29, 1.82) is 0 Å². The third-order valence-electron chi connectivity index (χ3n) is 4.85. The number of hydrogen-bond donors (Lipinski definition) is 1. The van der Waals surface area contributed by atoms with Crippen molar-refractivity contribution in [3.05, 3.63) is 34.9 Å². The zero-order chi connectivity index (χ0) is 14.3. The molecule has 4 heteroatoms. The van der Waals surface area contributed by atoms with E-state index in [0.29, 0.717) is 17.5 Å². The van der Waals surface area contributed by atoms with Gasteiger partial charge in [-0.15, -0.1) is 0 Å². The predicted molar refractivity (Wildman–Crippen MR) is 78.7 cm³/mol. The standard InChI is InChI=1S/C16H20ClNO2/c1-11-8-18(9-12(11)10-19)15(20)16(6-7-16)13-2-4-14(17)5-3-13/h2-5,11-12,19H,6-10H2,1H3/t11-,12+/m1/s1. The second kappa shape index (κ2) is 5.05. The summed E-state index contributed by atoms with van der Waals surface area (Å²) in [6.45, 7) is 3.72. The second-order valence-corrected chi connectivity index (χ2v) is 6.66. The van der Waals surface area contributed by atoms with Gasteiger partial charge in [-0.05, 0) is 36.5 Å². The molecule has 0 radical (unpaired) electrons. The van der Waals surface area contributed by atoms with Crippen molar-refractivity contribution in [3.63, 3.8) is 0 Å².